The van der Waals surface area contributed by atoms with Crippen molar-refractivity contribution in [3.8, 4) is 6.07 Å². The molecule has 0 unspecified atom stereocenters. The zero-order chi connectivity index (χ0) is 10.6. The number of rotatable bonds is 3. The largest absolute Gasteiger partial charge is 0.364 e. The van der Waals surface area contributed by atoms with E-state index in [-0.39, 0.29) is 0 Å². The molecule has 4 nitrogen and oxygen atoms in total. The summed E-state index contributed by atoms with van der Waals surface area (Å²) in [6, 6.07) is 2.06. The van der Waals surface area contributed by atoms with E-state index in [1.165, 1.54) is 0 Å². The summed E-state index contributed by atoms with van der Waals surface area (Å²) in [7, 11) is 0. The Balaban J connectivity index is 2.74. The summed E-state index contributed by atoms with van der Waals surface area (Å²) < 4.78 is 1.60. The van der Waals surface area contributed by atoms with Gasteiger partial charge in [-0.1, -0.05) is 6.08 Å². The predicted octanol–water partition coefficient (Wildman–Crippen LogP) is 1.21. The highest BCUT2D eigenvalue weighted by molar-refractivity contribution is 9.07. The van der Waals surface area contributed by atoms with Gasteiger partial charge in [-0.25, -0.2) is 0 Å². The fourth-order valence-electron chi connectivity index (χ4n) is 1.17. The molecular formula is C9H10BrN3O. The fourth-order valence-corrected chi connectivity index (χ4v) is 1.59. The number of nitrogens with two attached hydrogens (primary N) is 1. The average Bonchev–Trinajstić information content (AvgIpc) is 2.16. The SMILES string of the molecule is N#CCCC1=CCN(Br)C(C(N)=O)=C1. The zero-order valence-corrected chi connectivity index (χ0v) is 9.12. The van der Waals surface area contributed by atoms with Crippen LogP contribution in [0.1, 0.15) is 12.8 Å². The molecule has 1 heterocycles. The van der Waals surface area contributed by atoms with E-state index in [0.29, 0.717) is 25.1 Å². The van der Waals surface area contributed by atoms with E-state index in [4.69, 9.17) is 11.0 Å². The third-order valence-electron chi connectivity index (χ3n) is 1.88. The van der Waals surface area contributed by atoms with Crippen molar-refractivity contribution < 1.29 is 4.79 Å². The molecule has 1 rings (SSSR count). The van der Waals surface area contributed by atoms with E-state index in [1.807, 2.05) is 6.08 Å². The molecule has 14 heavy (non-hydrogen) atoms. The van der Waals surface area contributed by atoms with Gasteiger partial charge in [-0.2, -0.15) is 5.26 Å². The predicted molar refractivity (Wildman–Crippen MR) is 55.8 cm³/mol. The van der Waals surface area contributed by atoms with Gasteiger partial charge in [-0.05, 0) is 18.1 Å². The standard InChI is InChI=1S/C9H10BrN3O/c10-13-5-3-7(2-1-4-11)6-8(13)9(12)14/h3,6H,1-2,5H2,(H2,12,14). The molecule has 0 aromatic rings. The zero-order valence-electron chi connectivity index (χ0n) is 7.53. The Labute approximate surface area is 91.0 Å². The van der Waals surface area contributed by atoms with E-state index in [2.05, 4.69) is 22.2 Å². The lowest BCUT2D eigenvalue weighted by Gasteiger charge is -2.20. The molecule has 74 valence electrons. The maximum absolute atomic E-state index is 11.0. The number of amides is 1. The number of carbonyl (C=O) groups is 1. The van der Waals surface area contributed by atoms with Gasteiger partial charge in [0.15, 0.2) is 0 Å². The number of hydrogen-bond donors (Lipinski definition) is 1. The number of nitrogens with zero attached hydrogens (tertiary/aromatic N) is 2. The fraction of sp³-hybridized carbons (Fsp3) is 0.333. The summed E-state index contributed by atoms with van der Waals surface area (Å²) in [5, 5.41) is 8.41. The molecule has 1 aliphatic rings. The summed E-state index contributed by atoms with van der Waals surface area (Å²) in [5.74, 6) is -0.468. The van der Waals surface area contributed by atoms with Crippen molar-refractivity contribution in [3.05, 3.63) is 23.4 Å². The molecule has 0 fully saturated rings. The van der Waals surface area contributed by atoms with Crippen LogP contribution in [0.4, 0.5) is 0 Å². The lowest BCUT2D eigenvalue weighted by Crippen LogP contribution is -2.27. The molecule has 5 heteroatoms. The van der Waals surface area contributed by atoms with Crippen LogP contribution in [0.25, 0.3) is 0 Å². The second-order valence-corrected chi connectivity index (χ2v) is 3.73. The number of primary amides is 1. The van der Waals surface area contributed by atoms with Crippen molar-refractivity contribution in [2.45, 2.75) is 12.8 Å². The first-order chi connectivity index (χ1) is 6.65. The summed E-state index contributed by atoms with van der Waals surface area (Å²) in [6.07, 6.45) is 4.78. The summed E-state index contributed by atoms with van der Waals surface area (Å²) in [4.78, 5) is 11.0. The Bertz CT molecular complexity index is 340. The Morgan fingerprint density at radius 1 is 1.79 bits per heavy atom. The van der Waals surface area contributed by atoms with E-state index in [9.17, 15) is 4.79 Å². The molecule has 0 atom stereocenters. The molecule has 0 aliphatic carbocycles. The van der Waals surface area contributed by atoms with Crippen LogP contribution >= 0.6 is 16.1 Å². The van der Waals surface area contributed by atoms with Gasteiger partial charge >= 0.3 is 0 Å². The van der Waals surface area contributed by atoms with Gasteiger partial charge < -0.3 is 5.73 Å². The summed E-state index contributed by atoms with van der Waals surface area (Å²) in [6.45, 7) is 0.593. The van der Waals surface area contributed by atoms with Gasteiger partial charge in [0.05, 0.1) is 22.2 Å². The highest BCUT2D eigenvalue weighted by atomic mass is 79.9. The minimum atomic E-state index is -0.468. The maximum atomic E-state index is 11.0. The first-order valence-electron chi connectivity index (χ1n) is 4.16. The molecule has 0 saturated heterocycles. The third-order valence-corrected chi connectivity index (χ3v) is 2.55. The van der Waals surface area contributed by atoms with Gasteiger partial charge in [0.1, 0.15) is 5.70 Å². The maximum Gasteiger partial charge on any atom is 0.265 e. The van der Waals surface area contributed by atoms with Crippen LogP contribution in [-0.4, -0.2) is 16.4 Å². The number of halogens is 1. The van der Waals surface area contributed by atoms with Crippen molar-refractivity contribution in [2.24, 2.45) is 5.73 Å². The second-order valence-electron chi connectivity index (χ2n) is 2.88. The normalized spacial score (nSPS) is 15.6. The molecule has 1 amide bonds. The van der Waals surface area contributed by atoms with Crippen LogP contribution in [0, 0.1) is 11.3 Å². The van der Waals surface area contributed by atoms with Gasteiger partial charge in [-0.15, -0.1) is 0 Å². The summed E-state index contributed by atoms with van der Waals surface area (Å²) in [5.41, 5.74) is 6.59. The second kappa shape index (κ2) is 4.82. The van der Waals surface area contributed by atoms with Crippen molar-refractivity contribution in [2.75, 3.05) is 6.54 Å². The number of hydrogen-bond acceptors (Lipinski definition) is 3. The quantitative estimate of drug-likeness (QED) is 0.771. The van der Waals surface area contributed by atoms with Crippen LogP contribution in [0.15, 0.2) is 23.4 Å². The van der Waals surface area contributed by atoms with Crippen LogP contribution < -0.4 is 5.73 Å². The molecular weight excluding hydrogens is 246 g/mol. The molecule has 2 N–H and O–H groups in total. The van der Waals surface area contributed by atoms with Crippen LogP contribution in [0.2, 0.25) is 0 Å². The van der Waals surface area contributed by atoms with E-state index in [0.717, 1.165) is 5.57 Å². The monoisotopic (exact) mass is 255 g/mol. The lowest BCUT2D eigenvalue weighted by molar-refractivity contribution is -0.115. The van der Waals surface area contributed by atoms with Gasteiger partial charge in [0.25, 0.3) is 5.91 Å². The molecule has 0 radical (unpaired) electrons. The highest BCUT2D eigenvalue weighted by Crippen LogP contribution is 2.20. The van der Waals surface area contributed by atoms with E-state index < -0.39 is 5.91 Å². The molecule has 0 bridgehead atoms. The molecule has 0 aromatic carbocycles. The Morgan fingerprint density at radius 3 is 3.07 bits per heavy atom. The van der Waals surface area contributed by atoms with Crippen molar-refractivity contribution >= 4 is 22.1 Å². The van der Waals surface area contributed by atoms with Crippen molar-refractivity contribution in [1.82, 2.24) is 3.93 Å². The summed E-state index contributed by atoms with van der Waals surface area (Å²) >= 11 is 3.21. The van der Waals surface area contributed by atoms with Crippen LogP contribution in [0.5, 0.6) is 0 Å². The van der Waals surface area contributed by atoms with E-state index >= 15 is 0 Å². The first kappa shape index (κ1) is 10.8. The van der Waals surface area contributed by atoms with Gasteiger partial charge in [0.2, 0.25) is 0 Å². The minimum absolute atomic E-state index is 0.431. The topological polar surface area (TPSA) is 70.1 Å². The first-order valence-corrected chi connectivity index (χ1v) is 4.87. The van der Waals surface area contributed by atoms with E-state index in [1.54, 1.807) is 10.0 Å². The lowest BCUT2D eigenvalue weighted by atomic mass is 10.1. The number of allylic oxidation sites excluding steroid dienone is 2. The Hall–Kier alpha value is -1.28. The number of carbonyl (C=O) groups excluding carboxylic acids is 1. The van der Waals surface area contributed by atoms with Crippen molar-refractivity contribution in [1.29, 1.82) is 5.26 Å². The highest BCUT2D eigenvalue weighted by Gasteiger charge is 2.15. The van der Waals surface area contributed by atoms with Gasteiger partial charge in [0, 0.05) is 13.0 Å². The average molecular weight is 256 g/mol. The van der Waals surface area contributed by atoms with Gasteiger partial charge in [-0.3, -0.25) is 8.72 Å². The molecule has 0 saturated carbocycles. The van der Waals surface area contributed by atoms with Crippen LogP contribution in [-0.2, 0) is 4.79 Å². The van der Waals surface area contributed by atoms with Crippen molar-refractivity contribution in [3.63, 3.8) is 0 Å². The number of nitriles is 1. The van der Waals surface area contributed by atoms with Crippen LogP contribution in [0.3, 0.4) is 0 Å². The molecule has 0 spiro atoms. The Morgan fingerprint density at radius 2 is 2.50 bits per heavy atom. The minimum Gasteiger partial charge on any atom is -0.364 e. The third kappa shape index (κ3) is 2.60. The molecule has 0 aromatic heterocycles. The smallest absolute Gasteiger partial charge is 0.265 e. The Kier molecular flexibility index (Phi) is 3.72. The molecule has 1 aliphatic heterocycles.